The number of sulfonamides is 1. The van der Waals surface area contributed by atoms with Crippen molar-refractivity contribution in [1.82, 2.24) is 9.71 Å². The summed E-state index contributed by atoms with van der Waals surface area (Å²) in [5.41, 5.74) is 0.455. The SMILES string of the molecule is O=S(=O)(NCc1ccc(-c2cccs2)o1)c1cccc2cccnc12. The fraction of sp³-hybridized carbons (Fsp3) is 0.0556. The van der Waals surface area contributed by atoms with Gasteiger partial charge in [-0.25, -0.2) is 13.1 Å². The lowest BCUT2D eigenvalue weighted by atomic mass is 10.2. The third kappa shape index (κ3) is 3.21. The van der Waals surface area contributed by atoms with Gasteiger partial charge >= 0.3 is 0 Å². The minimum Gasteiger partial charge on any atom is -0.459 e. The number of aromatic nitrogens is 1. The topological polar surface area (TPSA) is 72.2 Å². The highest BCUT2D eigenvalue weighted by Crippen LogP contribution is 2.27. The van der Waals surface area contributed by atoms with Crippen LogP contribution in [0.25, 0.3) is 21.5 Å². The molecule has 0 amide bonds. The van der Waals surface area contributed by atoms with Gasteiger partial charge in [0.15, 0.2) is 0 Å². The molecule has 4 aromatic rings. The standard InChI is InChI=1S/C18H14N2O3S2/c21-25(22,17-7-1-4-13-5-2-10-19-18(13)17)20-12-14-8-9-15(23-14)16-6-3-11-24-16/h1-11,20H,12H2. The van der Waals surface area contributed by atoms with Gasteiger partial charge in [-0.15, -0.1) is 11.3 Å². The van der Waals surface area contributed by atoms with Crippen LogP contribution < -0.4 is 4.72 Å². The summed E-state index contributed by atoms with van der Waals surface area (Å²) in [6.07, 6.45) is 1.58. The molecule has 0 atom stereocenters. The Labute approximate surface area is 149 Å². The van der Waals surface area contributed by atoms with Gasteiger partial charge in [-0.05, 0) is 35.7 Å². The average molecular weight is 370 g/mol. The summed E-state index contributed by atoms with van der Waals surface area (Å²) in [6.45, 7) is 0.0803. The largest absolute Gasteiger partial charge is 0.459 e. The van der Waals surface area contributed by atoms with Crippen molar-refractivity contribution in [3.63, 3.8) is 0 Å². The van der Waals surface area contributed by atoms with Crippen molar-refractivity contribution in [2.75, 3.05) is 0 Å². The first-order chi connectivity index (χ1) is 12.1. The summed E-state index contributed by atoms with van der Waals surface area (Å²) in [5.74, 6) is 1.29. The van der Waals surface area contributed by atoms with E-state index in [4.69, 9.17) is 4.42 Å². The molecular weight excluding hydrogens is 356 g/mol. The number of pyridine rings is 1. The Bertz CT molecular complexity index is 1110. The van der Waals surface area contributed by atoms with E-state index < -0.39 is 10.0 Å². The molecule has 0 unspecified atom stereocenters. The number of fused-ring (bicyclic) bond motifs is 1. The van der Waals surface area contributed by atoms with E-state index in [-0.39, 0.29) is 11.4 Å². The van der Waals surface area contributed by atoms with E-state index in [1.54, 1.807) is 41.8 Å². The van der Waals surface area contributed by atoms with Gasteiger partial charge in [0.1, 0.15) is 16.4 Å². The molecule has 126 valence electrons. The monoisotopic (exact) mass is 370 g/mol. The molecule has 0 radical (unpaired) electrons. The summed E-state index contributed by atoms with van der Waals surface area (Å²) < 4.78 is 33.6. The molecule has 4 rings (SSSR count). The van der Waals surface area contributed by atoms with Crippen molar-refractivity contribution in [3.05, 3.63) is 71.9 Å². The number of furan rings is 1. The van der Waals surface area contributed by atoms with Crippen molar-refractivity contribution in [2.24, 2.45) is 0 Å². The van der Waals surface area contributed by atoms with Crippen LogP contribution in [0.3, 0.4) is 0 Å². The van der Waals surface area contributed by atoms with Crippen molar-refractivity contribution in [3.8, 4) is 10.6 Å². The molecule has 3 heterocycles. The second kappa shape index (κ2) is 6.44. The second-order valence-electron chi connectivity index (χ2n) is 5.40. The Balaban J connectivity index is 1.58. The highest BCUT2D eigenvalue weighted by Gasteiger charge is 2.18. The van der Waals surface area contributed by atoms with E-state index in [0.29, 0.717) is 11.3 Å². The first kappa shape index (κ1) is 16.0. The molecule has 1 N–H and O–H groups in total. The van der Waals surface area contributed by atoms with Crippen LogP contribution in [0, 0.1) is 0 Å². The van der Waals surface area contributed by atoms with Crippen LogP contribution in [-0.4, -0.2) is 13.4 Å². The van der Waals surface area contributed by atoms with Crippen LogP contribution in [0.15, 0.2) is 75.5 Å². The molecule has 0 aliphatic heterocycles. The second-order valence-corrected chi connectivity index (χ2v) is 8.08. The van der Waals surface area contributed by atoms with E-state index >= 15 is 0 Å². The van der Waals surface area contributed by atoms with Crippen LogP contribution in [0.2, 0.25) is 0 Å². The van der Waals surface area contributed by atoms with Gasteiger partial charge < -0.3 is 4.42 Å². The van der Waals surface area contributed by atoms with Crippen molar-refractivity contribution in [1.29, 1.82) is 0 Å². The number of nitrogens with zero attached hydrogens (tertiary/aromatic N) is 1. The van der Waals surface area contributed by atoms with Gasteiger partial charge in [-0.1, -0.05) is 24.3 Å². The lowest BCUT2D eigenvalue weighted by molar-refractivity contribution is 0.510. The molecule has 0 spiro atoms. The zero-order chi connectivity index (χ0) is 17.3. The van der Waals surface area contributed by atoms with E-state index in [2.05, 4.69) is 9.71 Å². The highest BCUT2D eigenvalue weighted by atomic mass is 32.2. The fourth-order valence-electron chi connectivity index (χ4n) is 2.56. The zero-order valence-corrected chi connectivity index (χ0v) is 14.7. The quantitative estimate of drug-likeness (QED) is 0.576. The number of thiophene rings is 1. The van der Waals surface area contributed by atoms with Crippen molar-refractivity contribution >= 4 is 32.3 Å². The number of nitrogens with one attached hydrogen (secondary N) is 1. The molecule has 5 nitrogen and oxygen atoms in total. The first-order valence-corrected chi connectivity index (χ1v) is 9.96. The maximum absolute atomic E-state index is 12.7. The number of para-hydroxylation sites is 1. The molecular formula is C18H14N2O3S2. The minimum absolute atomic E-state index is 0.0803. The normalized spacial score (nSPS) is 11.8. The lowest BCUT2D eigenvalue weighted by Gasteiger charge is -2.08. The van der Waals surface area contributed by atoms with Gasteiger partial charge in [0, 0.05) is 11.6 Å². The third-order valence-corrected chi connectivity index (χ3v) is 6.06. The molecule has 1 aromatic carbocycles. The van der Waals surface area contributed by atoms with Crippen LogP contribution in [0.4, 0.5) is 0 Å². The summed E-state index contributed by atoms with van der Waals surface area (Å²) in [4.78, 5) is 5.37. The molecule has 0 fully saturated rings. The molecule has 0 saturated carbocycles. The predicted molar refractivity (Wildman–Crippen MR) is 97.8 cm³/mol. The van der Waals surface area contributed by atoms with Gasteiger partial charge in [-0.3, -0.25) is 4.98 Å². The smallest absolute Gasteiger partial charge is 0.243 e. The molecule has 0 bridgehead atoms. The van der Waals surface area contributed by atoms with E-state index in [9.17, 15) is 8.42 Å². The van der Waals surface area contributed by atoms with Crippen LogP contribution in [0.5, 0.6) is 0 Å². The third-order valence-electron chi connectivity index (χ3n) is 3.75. The highest BCUT2D eigenvalue weighted by molar-refractivity contribution is 7.89. The molecule has 0 saturated heterocycles. The van der Waals surface area contributed by atoms with Crippen LogP contribution in [0.1, 0.15) is 5.76 Å². The number of hydrogen-bond donors (Lipinski definition) is 1. The van der Waals surface area contributed by atoms with Crippen molar-refractivity contribution < 1.29 is 12.8 Å². The predicted octanol–water partition coefficient (Wildman–Crippen LogP) is 4.03. The summed E-state index contributed by atoms with van der Waals surface area (Å²) >= 11 is 1.57. The maximum atomic E-state index is 12.7. The summed E-state index contributed by atoms with van der Waals surface area (Å²) in [7, 11) is -3.70. The van der Waals surface area contributed by atoms with Crippen LogP contribution in [-0.2, 0) is 16.6 Å². The van der Waals surface area contributed by atoms with Gasteiger partial charge in [0.25, 0.3) is 0 Å². The molecule has 25 heavy (non-hydrogen) atoms. The number of benzene rings is 1. The Morgan fingerprint density at radius 3 is 2.76 bits per heavy atom. The Morgan fingerprint density at radius 1 is 1.04 bits per heavy atom. The zero-order valence-electron chi connectivity index (χ0n) is 13.0. The van der Waals surface area contributed by atoms with Gasteiger partial charge in [0.05, 0.1) is 16.9 Å². The van der Waals surface area contributed by atoms with Gasteiger partial charge in [0.2, 0.25) is 10.0 Å². The Morgan fingerprint density at radius 2 is 1.92 bits per heavy atom. The molecule has 7 heteroatoms. The first-order valence-electron chi connectivity index (χ1n) is 7.59. The summed E-state index contributed by atoms with van der Waals surface area (Å²) in [5, 5.41) is 2.75. The van der Waals surface area contributed by atoms with Crippen LogP contribution >= 0.6 is 11.3 Å². The number of hydrogen-bond acceptors (Lipinski definition) is 5. The average Bonchev–Trinajstić information content (AvgIpc) is 3.31. The van der Waals surface area contributed by atoms with Crippen molar-refractivity contribution in [2.45, 2.75) is 11.4 Å². The van der Waals surface area contributed by atoms with E-state index in [0.717, 1.165) is 16.0 Å². The minimum atomic E-state index is -3.70. The lowest BCUT2D eigenvalue weighted by Crippen LogP contribution is -2.23. The Kier molecular flexibility index (Phi) is 4.12. The summed E-state index contributed by atoms with van der Waals surface area (Å²) in [6, 6.07) is 16.2. The fourth-order valence-corrected chi connectivity index (χ4v) is 4.42. The van der Waals surface area contributed by atoms with E-state index in [1.165, 1.54) is 0 Å². The maximum Gasteiger partial charge on any atom is 0.243 e. The molecule has 0 aliphatic rings. The molecule has 0 aliphatic carbocycles. The van der Waals surface area contributed by atoms with E-state index in [1.807, 2.05) is 35.7 Å². The number of rotatable bonds is 5. The Hall–Kier alpha value is -2.48. The van der Waals surface area contributed by atoms with Gasteiger partial charge in [-0.2, -0.15) is 0 Å². The molecule has 3 aromatic heterocycles.